The molecule has 1 amide bonds. The van der Waals surface area contributed by atoms with Gasteiger partial charge in [-0.1, -0.05) is 0 Å². The summed E-state index contributed by atoms with van der Waals surface area (Å²) in [5.74, 6) is -0.00914. The fraction of sp³-hybridized carbons (Fsp3) is 0.818. The summed E-state index contributed by atoms with van der Waals surface area (Å²) in [4.78, 5) is 13.2. The molecule has 0 heterocycles. The van der Waals surface area contributed by atoms with Gasteiger partial charge in [0.1, 0.15) is 0 Å². The first kappa shape index (κ1) is 13.9. The van der Waals surface area contributed by atoms with Gasteiger partial charge in [-0.25, -0.2) is 0 Å². The maximum atomic E-state index is 11.6. The second-order valence-corrected chi connectivity index (χ2v) is 4.17. The third kappa shape index (κ3) is 6.92. The van der Waals surface area contributed by atoms with E-state index in [-0.39, 0.29) is 17.9 Å². The molecule has 4 heteroatoms. The first-order valence-electron chi connectivity index (χ1n) is 5.36. The maximum Gasteiger partial charge on any atom is 0.222 e. The van der Waals surface area contributed by atoms with Crippen molar-refractivity contribution in [3.63, 3.8) is 0 Å². The molecule has 0 saturated carbocycles. The van der Waals surface area contributed by atoms with Crippen LogP contribution in [0.4, 0.5) is 0 Å². The minimum Gasteiger partial charge on any atom is -0.344 e. The summed E-state index contributed by atoms with van der Waals surface area (Å²) >= 11 is 0. The number of rotatable bonds is 6. The van der Waals surface area contributed by atoms with Crippen molar-refractivity contribution < 1.29 is 4.79 Å². The molecular formula is C11H21N3O. The third-order valence-electron chi connectivity index (χ3n) is 2.24. The molecule has 0 radical (unpaired) electrons. The third-order valence-corrected chi connectivity index (χ3v) is 2.24. The van der Waals surface area contributed by atoms with Crippen LogP contribution in [0, 0.1) is 17.2 Å². The predicted molar refractivity (Wildman–Crippen MR) is 59.9 cm³/mol. The normalized spacial score (nSPS) is 14.1. The van der Waals surface area contributed by atoms with Crippen LogP contribution in [-0.4, -0.2) is 30.4 Å². The minimum atomic E-state index is -0.104. The maximum absolute atomic E-state index is 11.6. The van der Waals surface area contributed by atoms with Crippen LogP contribution in [-0.2, 0) is 4.79 Å². The lowest BCUT2D eigenvalue weighted by molar-refractivity contribution is -0.130. The topological polar surface area (TPSA) is 70.1 Å². The highest BCUT2D eigenvalue weighted by atomic mass is 16.2. The number of carbonyl (C=O) groups excluding carboxylic acids is 1. The Bertz CT molecular complexity index is 232. The molecule has 86 valence electrons. The van der Waals surface area contributed by atoms with E-state index in [4.69, 9.17) is 11.0 Å². The molecule has 0 saturated heterocycles. The Balaban J connectivity index is 3.75. The van der Waals surface area contributed by atoms with Crippen molar-refractivity contribution in [2.45, 2.75) is 39.2 Å². The van der Waals surface area contributed by atoms with E-state index < -0.39 is 0 Å². The summed E-state index contributed by atoms with van der Waals surface area (Å²) in [6.45, 7) is 4.26. The van der Waals surface area contributed by atoms with Crippen molar-refractivity contribution in [1.29, 1.82) is 5.26 Å². The summed E-state index contributed by atoms with van der Waals surface area (Å²) in [6, 6.07) is 2.26. The average molecular weight is 211 g/mol. The van der Waals surface area contributed by atoms with Gasteiger partial charge < -0.3 is 10.6 Å². The molecule has 0 rings (SSSR count). The zero-order valence-corrected chi connectivity index (χ0v) is 9.86. The molecule has 0 fully saturated rings. The van der Waals surface area contributed by atoms with Gasteiger partial charge in [0.2, 0.25) is 5.91 Å². The van der Waals surface area contributed by atoms with E-state index in [9.17, 15) is 4.79 Å². The van der Waals surface area contributed by atoms with E-state index in [0.29, 0.717) is 13.0 Å². The number of nitrogens with zero attached hydrogens (tertiary/aromatic N) is 2. The Kier molecular flexibility index (Phi) is 6.72. The number of hydrogen-bond acceptors (Lipinski definition) is 3. The van der Waals surface area contributed by atoms with E-state index in [2.05, 4.69) is 6.07 Å². The molecule has 15 heavy (non-hydrogen) atoms. The van der Waals surface area contributed by atoms with Crippen molar-refractivity contribution in [3.05, 3.63) is 0 Å². The average Bonchev–Trinajstić information content (AvgIpc) is 2.16. The second kappa shape index (κ2) is 7.24. The SMILES string of the molecule is CC(N)CCCC(=O)N(C)CC(C)C#N. The van der Waals surface area contributed by atoms with Gasteiger partial charge in [-0.15, -0.1) is 0 Å². The Morgan fingerprint density at radius 1 is 1.53 bits per heavy atom. The fourth-order valence-corrected chi connectivity index (χ4v) is 1.32. The molecule has 0 aliphatic carbocycles. The quantitative estimate of drug-likeness (QED) is 0.715. The molecule has 0 bridgehead atoms. The Hall–Kier alpha value is -1.08. The summed E-state index contributed by atoms with van der Waals surface area (Å²) in [6.07, 6.45) is 2.21. The van der Waals surface area contributed by atoms with Gasteiger partial charge >= 0.3 is 0 Å². The van der Waals surface area contributed by atoms with Crippen LogP contribution in [0.5, 0.6) is 0 Å². The number of nitriles is 1. The minimum absolute atomic E-state index is 0.0951. The summed E-state index contributed by atoms with van der Waals surface area (Å²) in [5, 5.41) is 8.61. The fourth-order valence-electron chi connectivity index (χ4n) is 1.32. The first-order chi connectivity index (χ1) is 6.97. The molecule has 2 atom stereocenters. The lowest BCUT2D eigenvalue weighted by Crippen LogP contribution is -2.30. The van der Waals surface area contributed by atoms with Crippen LogP contribution >= 0.6 is 0 Å². The van der Waals surface area contributed by atoms with Crippen LogP contribution in [0.25, 0.3) is 0 Å². The van der Waals surface area contributed by atoms with E-state index in [1.807, 2.05) is 13.8 Å². The van der Waals surface area contributed by atoms with Crippen LogP contribution < -0.4 is 5.73 Å². The zero-order chi connectivity index (χ0) is 11.8. The summed E-state index contributed by atoms with van der Waals surface area (Å²) in [5.41, 5.74) is 5.59. The standard InChI is InChI=1S/C11H21N3O/c1-9(7-12)8-14(3)11(15)6-4-5-10(2)13/h9-10H,4-6,8,13H2,1-3H3. The van der Waals surface area contributed by atoms with E-state index in [0.717, 1.165) is 12.8 Å². The molecule has 0 aromatic carbocycles. The van der Waals surface area contributed by atoms with Gasteiger partial charge in [-0.2, -0.15) is 5.26 Å². The number of hydrogen-bond donors (Lipinski definition) is 1. The van der Waals surface area contributed by atoms with Crippen LogP contribution in [0.3, 0.4) is 0 Å². The molecular weight excluding hydrogens is 190 g/mol. The summed E-state index contributed by atoms with van der Waals surface area (Å²) < 4.78 is 0. The Morgan fingerprint density at radius 2 is 2.13 bits per heavy atom. The van der Waals surface area contributed by atoms with Gasteiger partial charge in [0, 0.05) is 26.1 Å². The number of amides is 1. The largest absolute Gasteiger partial charge is 0.344 e. The van der Waals surface area contributed by atoms with E-state index in [1.54, 1.807) is 11.9 Å². The molecule has 0 aromatic heterocycles. The van der Waals surface area contributed by atoms with Gasteiger partial charge in [-0.3, -0.25) is 4.79 Å². The highest BCUT2D eigenvalue weighted by molar-refractivity contribution is 5.75. The lowest BCUT2D eigenvalue weighted by atomic mass is 10.1. The van der Waals surface area contributed by atoms with E-state index >= 15 is 0 Å². The molecule has 4 nitrogen and oxygen atoms in total. The molecule has 0 aromatic rings. The predicted octanol–water partition coefficient (Wildman–Crippen LogP) is 1.12. The highest BCUT2D eigenvalue weighted by Crippen LogP contribution is 2.03. The van der Waals surface area contributed by atoms with Crippen molar-refractivity contribution in [2.75, 3.05) is 13.6 Å². The van der Waals surface area contributed by atoms with Crippen molar-refractivity contribution >= 4 is 5.91 Å². The Labute approximate surface area is 92.0 Å². The molecule has 0 spiro atoms. The molecule has 0 aliphatic rings. The van der Waals surface area contributed by atoms with Crippen molar-refractivity contribution in [1.82, 2.24) is 4.90 Å². The summed E-state index contributed by atoms with van der Waals surface area (Å²) in [7, 11) is 1.74. The smallest absolute Gasteiger partial charge is 0.222 e. The van der Waals surface area contributed by atoms with Gasteiger partial charge in [0.25, 0.3) is 0 Å². The van der Waals surface area contributed by atoms with E-state index in [1.165, 1.54) is 0 Å². The van der Waals surface area contributed by atoms with Crippen LogP contribution in [0.1, 0.15) is 33.1 Å². The number of carbonyl (C=O) groups is 1. The Morgan fingerprint density at radius 3 is 2.60 bits per heavy atom. The zero-order valence-electron chi connectivity index (χ0n) is 9.86. The molecule has 2 N–H and O–H groups in total. The van der Waals surface area contributed by atoms with Gasteiger partial charge in [-0.05, 0) is 26.7 Å². The highest BCUT2D eigenvalue weighted by Gasteiger charge is 2.11. The molecule has 2 unspecified atom stereocenters. The first-order valence-corrected chi connectivity index (χ1v) is 5.36. The lowest BCUT2D eigenvalue weighted by Gasteiger charge is -2.18. The van der Waals surface area contributed by atoms with Crippen molar-refractivity contribution in [3.8, 4) is 6.07 Å². The van der Waals surface area contributed by atoms with Crippen LogP contribution in [0.2, 0.25) is 0 Å². The second-order valence-electron chi connectivity index (χ2n) is 4.17. The monoisotopic (exact) mass is 211 g/mol. The van der Waals surface area contributed by atoms with Gasteiger partial charge in [0.05, 0.1) is 12.0 Å². The van der Waals surface area contributed by atoms with Crippen molar-refractivity contribution in [2.24, 2.45) is 11.7 Å². The molecule has 0 aliphatic heterocycles. The number of nitrogens with two attached hydrogens (primary N) is 1. The van der Waals surface area contributed by atoms with Gasteiger partial charge in [0.15, 0.2) is 0 Å². The van der Waals surface area contributed by atoms with Crippen LogP contribution in [0.15, 0.2) is 0 Å².